The molecule has 2 aromatic heterocycles. The van der Waals surface area contributed by atoms with E-state index in [2.05, 4.69) is 15.5 Å². The third-order valence-corrected chi connectivity index (χ3v) is 6.39. The van der Waals surface area contributed by atoms with Gasteiger partial charge in [-0.05, 0) is 37.3 Å². The topological polar surface area (TPSA) is 104 Å². The Kier molecular flexibility index (Phi) is 4.41. The average Bonchev–Trinajstić information content (AvgIpc) is 3.49. The lowest BCUT2D eigenvalue weighted by atomic mass is 10.1. The third-order valence-electron chi connectivity index (χ3n) is 6.39. The number of pyridine rings is 1. The van der Waals surface area contributed by atoms with Crippen molar-refractivity contribution in [3.8, 4) is 11.5 Å². The van der Waals surface area contributed by atoms with Gasteiger partial charge in [0.1, 0.15) is 17.3 Å². The molecule has 0 radical (unpaired) electrons. The van der Waals surface area contributed by atoms with Crippen LogP contribution in [0.5, 0.6) is 0 Å². The van der Waals surface area contributed by atoms with E-state index in [4.69, 9.17) is 4.42 Å². The first-order valence-corrected chi connectivity index (χ1v) is 10.1. The number of H-pyrrole nitrogens is 1. The summed E-state index contributed by atoms with van der Waals surface area (Å²) in [6, 6.07) is 0.663. The van der Waals surface area contributed by atoms with Crippen LogP contribution in [0.25, 0.3) is 11.5 Å². The number of anilines is 1. The molecule has 2 atom stereocenters. The van der Waals surface area contributed by atoms with Gasteiger partial charge in [0.15, 0.2) is 0 Å². The van der Waals surface area contributed by atoms with Crippen molar-refractivity contribution in [3.05, 3.63) is 28.2 Å². The highest BCUT2D eigenvalue weighted by molar-refractivity contribution is 5.85. The molecule has 2 aliphatic carbocycles. The number of halogens is 5. The number of aromatic amines is 1. The van der Waals surface area contributed by atoms with Crippen molar-refractivity contribution >= 4 is 11.9 Å². The Balaban J connectivity index is 1.31. The molecule has 13 heteroatoms. The van der Waals surface area contributed by atoms with E-state index in [0.29, 0.717) is 6.07 Å². The second-order valence-electron chi connectivity index (χ2n) is 8.66. The zero-order valence-corrected chi connectivity index (χ0v) is 16.5. The maximum atomic E-state index is 13.7. The molecule has 32 heavy (non-hydrogen) atoms. The van der Waals surface area contributed by atoms with E-state index in [-0.39, 0.29) is 55.2 Å². The smallest absolute Gasteiger partial charge is 0.403 e. The van der Waals surface area contributed by atoms with Gasteiger partial charge < -0.3 is 19.6 Å². The number of alkyl halides is 5. The van der Waals surface area contributed by atoms with Crippen molar-refractivity contribution in [2.45, 2.75) is 43.8 Å². The summed E-state index contributed by atoms with van der Waals surface area (Å²) in [6.07, 6.45) is -3.14. The minimum absolute atomic E-state index is 0.000251. The van der Waals surface area contributed by atoms with Crippen LogP contribution in [0.3, 0.4) is 0 Å². The van der Waals surface area contributed by atoms with Gasteiger partial charge in [0, 0.05) is 19.5 Å². The zero-order chi connectivity index (χ0) is 22.9. The molecule has 172 valence electrons. The number of rotatable bonds is 5. The SMILES string of the molecule is O=C([C@@H](Nc1nnc(-c2ccc(C(F)(F)F)[nH]c2=O)o1)C1CC1)N1CC[C@@]2(C1)CC2(F)F. The first-order valence-electron chi connectivity index (χ1n) is 10.1. The molecule has 0 unspecified atom stereocenters. The Morgan fingerprint density at radius 2 is 2.00 bits per heavy atom. The van der Waals surface area contributed by atoms with Crippen molar-refractivity contribution in [3.63, 3.8) is 0 Å². The number of carbonyl (C=O) groups is 1. The summed E-state index contributed by atoms with van der Waals surface area (Å²) in [4.78, 5) is 28.1. The highest BCUT2D eigenvalue weighted by atomic mass is 19.4. The summed E-state index contributed by atoms with van der Waals surface area (Å²) in [5.74, 6) is -3.41. The monoisotopic (exact) mass is 459 g/mol. The Morgan fingerprint density at radius 1 is 1.28 bits per heavy atom. The molecule has 8 nitrogen and oxygen atoms in total. The summed E-state index contributed by atoms with van der Waals surface area (Å²) in [5.41, 5.74) is -3.64. The van der Waals surface area contributed by atoms with Gasteiger partial charge in [-0.15, -0.1) is 5.10 Å². The molecule has 5 rings (SSSR count). The van der Waals surface area contributed by atoms with Crippen molar-refractivity contribution in [1.29, 1.82) is 0 Å². The minimum atomic E-state index is -4.71. The highest BCUT2D eigenvalue weighted by Gasteiger charge is 2.73. The second-order valence-corrected chi connectivity index (χ2v) is 8.66. The lowest BCUT2D eigenvalue weighted by molar-refractivity contribution is -0.141. The largest absolute Gasteiger partial charge is 0.431 e. The summed E-state index contributed by atoms with van der Waals surface area (Å²) in [6.45, 7) is 0.245. The van der Waals surface area contributed by atoms with Crippen molar-refractivity contribution in [2.24, 2.45) is 11.3 Å². The number of amides is 1. The van der Waals surface area contributed by atoms with Crippen molar-refractivity contribution in [2.75, 3.05) is 18.4 Å². The van der Waals surface area contributed by atoms with Crippen LogP contribution in [0.2, 0.25) is 0 Å². The van der Waals surface area contributed by atoms with Gasteiger partial charge in [-0.1, -0.05) is 5.10 Å². The number of likely N-dealkylation sites (tertiary alicyclic amines) is 1. The van der Waals surface area contributed by atoms with Crippen LogP contribution in [0.15, 0.2) is 21.3 Å². The van der Waals surface area contributed by atoms with Gasteiger partial charge in [-0.25, -0.2) is 8.78 Å². The van der Waals surface area contributed by atoms with E-state index in [9.17, 15) is 31.5 Å². The van der Waals surface area contributed by atoms with E-state index in [1.807, 2.05) is 0 Å². The molecule has 2 N–H and O–H groups in total. The summed E-state index contributed by atoms with van der Waals surface area (Å²) >= 11 is 0. The molecule has 0 bridgehead atoms. The quantitative estimate of drug-likeness (QED) is 0.667. The lowest BCUT2D eigenvalue weighted by Crippen LogP contribution is -2.43. The van der Waals surface area contributed by atoms with Crippen molar-refractivity contribution < 1.29 is 31.2 Å². The normalized spacial score (nSPS) is 25.2. The molecule has 3 aliphatic rings. The molecule has 2 aromatic rings. The molecule has 1 spiro atoms. The number of nitrogens with zero attached hydrogens (tertiary/aromatic N) is 3. The summed E-state index contributed by atoms with van der Waals surface area (Å²) < 4.78 is 70.8. The Bertz CT molecular complexity index is 1130. The number of hydrogen-bond acceptors (Lipinski definition) is 6. The van der Waals surface area contributed by atoms with Gasteiger partial charge >= 0.3 is 12.2 Å². The van der Waals surface area contributed by atoms with E-state index >= 15 is 0 Å². The van der Waals surface area contributed by atoms with Crippen LogP contribution < -0.4 is 10.9 Å². The van der Waals surface area contributed by atoms with Gasteiger partial charge in [0.05, 0.1) is 5.41 Å². The van der Waals surface area contributed by atoms with Gasteiger partial charge in [0.2, 0.25) is 5.91 Å². The minimum Gasteiger partial charge on any atom is -0.403 e. The molecule has 2 saturated carbocycles. The first-order chi connectivity index (χ1) is 15.0. The van der Waals surface area contributed by atoms with Gasteiger partial charge in [0.25, 0.3) is 17.4 Å². The standard InChI is InChI=1S/C19H18F5N5O3/c20-18(21)7-17(18)5-6-29(8-17)15(31)12(9-1-2-9)26-16-28-27-14(32-16)10-3-4-11(19(22,23)24)25-13(10)30/h3-4,9,12H,1-2,5-8H2,(H,25,30)(H,26,28)/t12-,17-/m0/s1. The third kappa shape index (κ3) is 3.52. The molecule has 1 saturated heterocycles. The van der Waals surface area contributed by atoms with Crippen molar-refractivity contribution in [1.82, 2.24) is 20.1 Å². The first kappa shape index (κ1) is 20.9. The van der Waals surface area contributed by atoms with E-state index < -0.39 is 34.8 Å². The fourth-order valence-electron chi connectivity index (χ4n) is 4.22. The summed E-state index contributed by atoms with van der Waals surface area (Å²) in [7, 11) is 0. The number of nitrogens with one attached hydrogen (secondary N) is 2. The van der Waals surface area contributed by atoms with Crippen LogP contribution in [-0.4, -0.2) is 51.0 Å². The molecule has 3 heterocycles. The Morgan fingerprint density at radius 3 is 2.56 bits per heavy atom. The Hall–Kier alpha value is -2.99. The van der Waals surface area contributed by atoms with E-state index in [1.165, 1.54) is 4.90 Å². The van der Waals surface area contributed by atoms with E-state index in [0.717, 1.165) is 18.9 Å². The Labute approximate surface area is 177 Å². The molecule has 1 aliphatic heterocycles. The fraction of sp³-hybridized carbons (Fsp3) is 0.579. The summed E-state index contributed by atoms with van der Waals surface area (Å²) in [5, 5.41) is 10.2. The fourth-order valence-corrected chi connectivity index (χ4v) is 4.22. The predicted molar refractivity (Wildman–Crippen MR) is 98.7 cm³/mol. The molecular weight excluding hydrogens is 441 g/mol. The van der Waals surface area contributed by atoms with Crippen LogP contribution in [0.4, 0.5) is 28.0 Å². The second kappa shape index (κ2) is 6.75. The van der Waals surface area contributed by atoms with Crippen LogP contribution in [0.1, 0.15) is 31.4 Å². The van der Waals surface area contributed by atoms with Crippen LogP contribution in [-0.2, 0) is 11.0 Å². The number of hydrogen-bond donors (Lipinski definition) is 2. The average molecular weight is 459 g/mol. The number of carbonyl (C=O) groups excluding carboxylic acids is 1. The molecular formula is C19H18F5N5O3. The highest BCUT2D eigenvalue weighted by Crippen LogP contribution is 2.65. The number of aromatic nitrogens is 3. The predicted octanol–water partition coefficient (Wildman–Crippen LogP) is 2.89. The molecule has 1 amide bonds. The molecule has 3 fully saturated rings. The van der Waals surface area contributed by atoms with Gasteiger partial charge in [-0.2, -0.15) is 13.2 Å². The van der Waals surface area contributed by atoms with Gasteiger partial charge in [-0.3, -0.25) is 9.59 Å². The van der Waals surface area contributed by atoms with Crippen LogP contribution >= 0.6 is 0 Å². The lowest BCUT2D eigenvalue weighted by Gasteiger charge is -2.23. The molecule has 0 aromatic carbocycles. The maximum absolute atomic E-state index is 13.7. The van der Waals surface area contributed by atoms with Crippen LogP contribution in [0, 0.1) is 11.3 Å². The zero-order valence-electron chi connectivity index (χ0n) is 16.5. The maximum Gasteiger partial charge on any atom is 0.431 e. The van der Waals surface area contributed by atoms with E-state index in [1.54, 1.807) is 4.98 Å².